The molecule has 0 fully saturated rings. The van der Waals surface area contributed by atoms with Crippen molar-refractivity contribution in [2.24, 2.45) is 5.10 Å². The van der Waals surface area contributed by atoms with Gasteiger partial charge in [-0.1, -0.05) is 45.7 Å². The maximum atomic E-state index is 13.3. The van der Waals surface area contributed by atoms with Crippen molar-refractivity contribution < 1.29 is 14.3 Å². The minimum atomic E-state index is -0.463. The highest BCUT2D eigenvalue weighted by Crippen LogP contribution is 2.23. The molecule has 0 spiro atoms. The fourth-order valence-corrected chi connectivity index (χ4v) is 3.82. The van der Waals surface area contributed by atoms with Gasteiger partial charge in [0.05, 0.1) is 23.2 Å². The van der Waals surface area contributed by atoms with Crippen molar-refractivity contribution in [3.05, 3.63) is 67.1 Å². The van der Waals surface area contributed by atoms with Crippen LogP contribution in [-0.2, 0) is 9.53 Å². The van der Waals surface area contributed by atoms with Gasteiger partial charge in [-0.3, -0.25) is 4.79 Å². The third-order valence-corrected chi connectivity index (χ3v) is 5.87. The van der Waals surface area contributed by atoms with Gasteiger partial charge in [-0.25, -0.2) is 9.78 Å². The third-order valence-electron chi connectivity index (χ3n) is 4.88. The highest BCUT2D eigenvalue weighted by Gasteiger charge is 2.16. The van der Waals surface area contributed by atoms with Crippen LogP contribution >= 0.6 is 31.9 Å². The first kappa shape index (κ1) is 25.1. The van der Waals surface area contributed by atoms with Crippen molar-refractivity contribution in [3.63, 3.8) is 0 Å². The van der Waals surface area contributed by atoms with Gasteiger partial charge < -0.3 is 9.47 Å². The van der Waals surface area contributed by atoms with Crippen LogP contribution in [0.2, 0.25) is 0 Å². The highest BCUT2D eigenvalue weighted by molar-refractivity contribution is 9.10. The van der Waals surface area contributed by atoms with Gasteiger partial charge in [-0.15, -0.1) is 0 Å². The molecule has 9 heteroatoms. The number of hydrogen-bond acceptors (Lipinski definition) is 6. The van der Waals surface area contributed by atoms with E-state index in [1.165, 1.54) is 10.9 Å². The Morgan fingerprint density at radius 1 is 1.15 bits per heavy atom. The van der Waals surface area contributed by atoms with Gasteiger partial charge in [0.1, 0.15) is 11.6 Å². The van der Waals surface area contributed by atoms with Crippen LogP contribution in [0.25, 0.3) is 10.9 Å². The fraction of sp³-hybridized carbons (Fsp3) is 0.333. The summed E-state index contributed by atoms with van der Waals surface area (Å²) in [5, 5.41) is 4.95. The molecular formula is C24H25Br2N3O4. The molecule has 3 rings (SSSR count). The van der Waals surface area contributed by atoms with E-state index in [1.807, 2.05) is 26.0 Å². The molecule has 0 saturated heterocycles. The number of hydrogen-bond donors (Lipinski definition) is 0. The smallest absolute Gasteiger partial charge is 0.344 e. The Bertz CT molecular complexity index is 1250. The number of ether oxygens (including phenoxy) is 2. The largest absolute Gasteiger partial charge is 0.481 e. The Hall–Kier alpha value is -2.52. The first-order valence-corrected chi connectivity index (χ1v) is 12.2. The Kier molecular flexibility index (Phi) is 8.42. The average Bonchev–Trinajstić information content (AvgIpc) is 2.77. The van der Waals surface area contributed by atoms with Gasteiger partial charge in [0.15, 0.2) is 6.61 Å². The van der Waals surface area contributed by atoms with Crippen molar-refractivity contribution in [3.8, 4) is 5.75 Å². The van der Waals surface area contributed by atoms with Crippen molar-refractivity contribution >= 4 is 54.9 Å². The Morgan fingerprint density at radius 3 is 2.55 bits per heavy atom. The molecule has 0 aliphatic rings. The predicted octanol–water partition coefficient (Wildman–Crippen LogP) is 5.65. The van der Waals surface area contributed by atoms with Crippen molar-refractivity contribution in [2.45, 2.75) is 46.1 Å². The van der Waals surface area contributed by atoms with Crippen LogP contribution in [0.5, 0.6) is 5.75 Å². The molecule has 1 heterocycles. The van der Waals surface area contributed by atoms with Crippen LogP contribution in [0, 0.1) is 0 Å². The summed E-state index contributed by atoms with van der Waals surface area (Å²) in [6.45, 7) is 7.36. The van der Waals surface area contributed by atoms with Gasteiger partial charge in [-0.2, -0.15) is 9.78 Å². The maximum Gasteiger partial charge on any atom is 0.344 e. The van der Waals surface area contributed by atoms with Crippen molar-refractivity contribution in [1.82, 2.24) is 9.66 Å². The van der Waals surface area contributed by atoms with Crippen LogP contribution in [0.3, 0.4) is 0 Å². The summed E-state index contributed by atoms with van der Waals surface area (Å²) >= 11 is 6.86. The second-order valence-electron chi connectivity index (χ2n) is 7.81. The summed E-state index contributed by atoms with van der Waals surface area (Å²) in [4.78, 5) is 29.9. The van der Waals surface area contributed by atoms with Crippen LogP contribution in [0.15, 0.2) is 55.2 Å². The van der Waals surface area contributed by atoms with Gasteiger partial charge in [0, 0.05) is 20.4 Å². The molecule has 0 radical (unpaired) electrons. The topological polar surface area (TPSA) is 82.8 Å². The molecule has 0 aliphatic carbocycles. The lowest BCUT2D eigenvalue weighted by atomic mass is 10.1. The molecular weight excluding hydrogens is 554 g/mol. The van der Waals surface area contributed by atoms with E-state index in [9.17, 15) is 9.59 Å². The van der Waals surface area contributed by atoms with E-state index < -0.39 is 5.97 Å². The molecule has 0 amide bonds. The lowest BCUT2D eigenvalue weighted by molar-refractivity contribution is -0.149. The first-order valence-electron chi connectivity index (χ1n) is 10.6. The number of aromatic nitrogens is 2. The SMILES string of the molecule is CC[C@@H](C)c1nc2ccc(Br)cc2c(=O)n1N=Cc1cc(Br)ccc1OCC(=O)OC(C)C. The highest BCUT2D eigenvalue weighted by atomic mass is 79.9. The molecule has 0 aliphatic heterocycles. The monoisotopic (exact) mass is 577 g/mol. The molecule has 33 heavy (non-hydrogen) atoms. The number of carbonyl (C=O) groups excluding carboxylic acids is 1. The minimum absolute atomic E-state index is 0.0203. The molecule has 0 unspecified atom stereocenters. The van der Waals surface area contributed by atoms with Crippen LogP contribution in [0.4, 0.5) is 0 Å². The minimum Gasteiger partial charge on any atom is -0.481 e. The van der Waals surface area contributed by atoms with E-state index in [4.69, 9.17) is 14.5 Å². The van der Waals surface area contributed by atoms with Gasteiger partial charge >= 0.3 is 5.97 Å². The molecule has 0 N–H and O–H groups in total. The summed E-state index contributed by atoms with van der Waals surface area (Å²) in [5.74, 6) is 0.575. The van der Waals surface area contributed by atoms with Crippen molar-refractivity contribution in [2.75, 3.05) is 6.61 Å². The standard InChI is InChI=1S/C24H25Br2N3O4/c1-5-15(4)23-28-20-8-6-18(26)11-19(20)24(31)29(23)27-12-16-10-17(25)7-9-21(16)32-13-22(30)33-14(2)3/h6-12,14-15H,5,13H2,1-4H3/t15-/m1/s1. The van der Waals surface area contributed by atoms with Crippen LogP contribution in [-0.4, -0.2) is 34.6 Å². The van der Waals surface area contributed by atoms with Crippen LogP contribution in [0.1, 0.15) is 51.4 Å². The molecule has 0 saturated carbocycles. The molecule has 2 aromatic carbocycles. The van der Waals surface area contributed by atoms with Gasteiger partial charge in [0.25, 0.3) is 5.56 Å². The Labute approximate surface area is 209 Å². The van der Waals surface area contributed by atoms with E-state index in [2.05, 4.69) is 37.0 Å². The number of esters is 1. The zero-order chi connectivity index (χ0) is 24.1. The second kappa shape index (κ2) is 11.1. The molecule has 1 atom stereocenters. The maximum absolute atomic E-state index is 13.3. The molecule has 1 aromatic heterocycles. The van der Waals surface area contributed by atoms with Gasteiger partial charge in [0.2, 0.25) is 0 Å². The number of benzene rings is 2. The first-order chi connectivity index (χ1) is 15.7. The van der Waals surface area contributed by atoms with E-state index in [0.717, 1.165) is 15.4 Å². The zero-order valence-corrected chi connectivity index (χ0v) is 22.0. The van der Waals surface area contributed by atoms with E-state index in [1.54, 1.807) is 38.1 Å². The lowest BCUT2D eigenvalue weighted by Gasteiger charge is -2.14. The van der Waals surface area contributed by atoms with Crippen molar-refractivity contribution in [1.29, 1.82) is 0 Å². The summed E-state index contributed by atoms with van der Waals surface area (Å²) in [7, 11) is 0. The summed E-state index contributed by atoms with van der Waals surface area (Å²) in [6, 6.07) is 10.7. The Morgan fingerprint density at radius 2 is 1.85 bits per heavy atom. The van der Waals surface area contributed by atoms with Crippen LogP contribution < -0.4 is 10.3 Å². The van der Waals surface area contributed by atoms with E-state index in [0.29, 0.717) is 28.0 Å². The molecule has 7 nitrogen and oxygen atoms in total. The third kappa shape index (κ3) is 6.29. The Balaban J connectivity index is 2.03. The number of fused-ring (bicyclic) bond motifs is 1. The summed E-state index contributed by atoms with van der Waals surface area (Å²) < 4.78 is 13.7. The molecule has 0 bridgehead atoms. The number of halogens is 2. The fourth-order valence-electron chi connectivity index (χ4n) is 3.08. The summed E-state index contributed by atoms with van der Waals surface area (Å²) in [5.41, 5.74) is 0.962. The average molecular weight is 579 g/mol. The number of rotatable bonds is 8. The van der Waals surface area contributed by atoms with E-state index >= 15 is 0 Å². The number of carbonyl (C=O) groups is 1. The number of nitrogens with zero attached hydrogens (tertiary/aromatic N) is 3. The quantitative estimate of drug-likeness (QED) is 0.255. The zero-order valence-electron chi connectivity index (χ0n) is 18.8. The second-order valence-corrected chi connectivity index (χ2v) is 9.64. The van der Waals surface area contributed by atoms with Gasteiger partial charge in [-0.05, 0) is 56.7 Å². The molecule has 3 aromatic rings. The summed E-state index contributed by atoms with van der Waals surface area (Å²) in [6.07, 6.45) is 2.11. The van der Waals surface area contributed by atoms with E-state index in [-0.39, 0.29) is 24.2 Å². The predicted molar refractivity (Wildman–Crippen MR) is 136 cm³/mol. The lowest BCUT2D eigenvalue weighted by Crippen LogP contribution is -2.24. The normalized spacial score (nSPS) is 12.5. The molecule has 174 valence electrons.